The first-order chi connectivity index (χ1) is 11.8. The van der Waals surface area contributed by atoms with Gasteiger partial charge in [0, 0.05) is 25.8 Å². The highest BCUT2D eigenvalue weighted by Crippen LogP contribution is 2.40. The van der Waals surface area contributed by atoms with Crippen molar-refractivity contribution < 1.29 is 4.74 Å². The predicted octanol–water partition coefficient (Wildman–Crippen LogP) is 3.82. The van der Waals surface area contributed by atoms with Crippen LogP contribution in [-0.4, -0.2) is 29.1 Å². The number of hydrogen-bond donors (Lipinski definition) is 0. The minimum absolute atomic E-state index is 0.443. The van der Waals surface area contributed by atoms with Crippen molar-refractivity contribution in [2.75, 3.05) is 13.1 Å². The van der Waals surface area contributed by atoms with Crippen molar-refractivity contribution in [1.29, 1.82) is 0 Å². The van der Waals surface area contributed by atoms with Crippen molar-refractivity contribution in [3.8, 4) is 0 Å². The number of ether oxygens (including phenoxy) is 1. The molecule has 4 rings (SSSR count). The van der Waals surface area contributed by atoms with Gasteiger partial charge in [-0.2, -0.15) is 0 Å². The monoisotopic (exact) mass is 322 g/mol. The molecule has 0 bridgehead atoms. The Kier molecular flexibility index (Phi) is 4.63. The second-order valence-electron chi connectivity index (χ2n) is 7.37. The highest BCUT2D eigenvalue weighted by atomic mass is 16.5. The summed E-state index contributed by atoms with van der Waals surface area (Å²) in [4.78, 5) is 7.13. The van der Waals surface area contributed by atoms with Crippen molar-refractivity contribution in [3.63, 3.8) is 0 Å². The van der Waals surface area contributed by atoms with Gasteiger partial charge in [-0.1, -0.05) is 36.4 Å². The molecule has 2 aromatic rings. The van der Waals surface area contributed by atoms with Gasteiger partial charge in [-0.15, -0.1) is 0 Å². The third kappa shape index (κ3) is 3.52. The van der Waals surface area contributed by atoms with Crippen molar-refractivity contribution in [2.45, 2.75) is 39.0 Å². The fourth-order valence-corrected chi connectivity index (χ4v) is 4.29. The van der Waals surface area contributed by atoms with Gasteiger partial charge >= 0.3 is 0 Å². The number of rotatable bonds is 5. The lowest BCUT2D eigenvalue weighted by Crippen LogP contribution is -2.24. The van der Waals surface area contributed by atoms with Crippen LogP contribution in [0.2, 0.25) is 0 Å². The smallest absolute Gasteiger partial charge is 0.0720 e. The van der Waals surface area contributed by atoms with Crippen LogP contribution in [0.4, 0.5) is 0 Å². The molecule has 2 aliphatic rings. The van der Waals surface area contributed by atoms with E-state index in [1.165, 1.54) is 42.8 Å². The Morgan fingerprint density at radius 3 is 2.50 bits per heavy atom. The predicted molar refractivity (Wildman–Crippen MR) is 95.5 cm³/mol. The topological polar surface area (TPSA) is 25.4 Å². The Morgan fingerprint density at radius 1 is 1.04 bits per heavy atom. The van der Waals surface area contributed by atoms with E-state index in [9.17, 15) is 0 Å². The molecule has 1 aliphatic carbocycles. The molecule has 1 saturated heterocycles. The molecule has 2 fully saturated rings. The van der Waals surface area contributed by atoms with Gasteiger partial charge in [-0.25, -0.2) is 0 Å². The molecule has 1 aromatic heterocycles. The zero-order valence-corrected chi connectivity index (χ0v) is 14.4. The Hall–Kier alpha value is -1.71. The van der Waals surface area contributed by atoms with Gasteiger partial charge in [0.1, 0.15) is 0 Å². The van der Waals surface area contributed by atoms with Crippen LogP contribution in [0.1, 0.15) is 29.7 Å². The van der Waals surface area contributed by atoms with E-state index in [0.29, 0.717) is 6.10 Å². The zero-order chi connectivity index (χ0) is 16.4. The number of hydrogen-bond acceptors (Lipinski definition) is 3. The third-order valence-electron chi connectivity index (χ3n) is 5.60. The minimum Gasteiger partial charge on any atom is -0.374 e. The van der Waals surface area contributed by atoms with Crippen LogP contribution in [-0.2, 0) is 17.9 Å². The highest BCUT2D eigenvalue weighted by Gasteiger charge is 2.41. The Bertz CT molecular complexity index is 659. The summed E-state index contributed by atoms with van der Waals surface area (Å²) in [5.41, 5.74) is 3.81. The van der Waals surface area contributed by atoms with Crippen LogP contribution in [0.5, 0.6) is 0 Å². The molecule has 3 nitrogen and oxygen atoms in total. The van der Waals surface area contributed by atoms with E-state index < -0.39 is 0 Å². The molecule has 0 amide bonds. The molecule has 0 N–H and O–H groups in total. The molecule has 3 atom stereocenters. The van der Waals surface area contributed by atoms with Crippen LogP contribution in [0.3, 0.4) is 0 Å². The Labute approximate surface area is 144 Å². The molecule has 126 valence electrons. The molecular weight excluding hydrogens is 296 g/mol. The second-order valence-corrected chi connectivity index (χ2v) is 7.37. The first-order valence-corrected chi connectivity index (χ1v) is 9.06. The largest absolute Gasteiger partial charge is 0.374 e. The first kappa shape index (κ1) is 15.8. The van der Waals surface area contributed by atoms with Crippen LogP contribution >= 0.6 is 0 Å². The van der Waals surface area contributed by atoms with Crippen LogP contribution in [0.15, 0.2) is 48.7 Å². The lowest BCUT2D eigenvalue weighted by atomic mass is 10.0. The highest BCUT2D eigenvalue weighted by molar-refractivity contribution is 5.18. The maximum absolute atomic E-state index is 6.17. The van der Waals surface area contributed by atoms with Crippen LogP contribution in [0.25, 0.3) is 0 Å². The summed E-state index contributed by atoms with van der Waals surface area (Å²) < 4.78 is 6.17. The average molecular weight is 322 g/mol. The summed E-state index contributed by atoms with van der Waals surface area (Å²) in [5, 5.41) is 0. The fraction of sp³-hybridized carbons (Fsp3) is 0.476. The van der Waals surface area contributed by atoms with Crippen molar-refractivity contribution in [3.05, 3.63) is 65.5 Å². The molecule has 3 heteroatoms. The van der Waals surface area contributed by atoms with Gasteiger partial charge in [-0.3, -0.25) is 9.88 Å². The third-order valence-corrected chi connectivity index (χ3v) is 5.60. The molecule has 1 aromatic carbocycles. The van der Waals surface area contributed by atoms with Crippen molar-refractivity contribution in [2.24, 2.45) is 11.8 Å². The van der Waals surface area contributed by atoms with Gasteiger partial charge < -0.3 is 4.74 Å². The Balaban J connectivity index is 1.27. The molecule has 2 heterocycles. The summed E-state index contributed by atoms with van der Waals surface area (Å²) in [7, 11) is 0. The lowest BCUT2D eigenvalue weighted by molar-refractivity contribution is 0.0373. The number of likely N-dealkylation sites (tertiary alicyclic amines) is 1. The normalized spacial score (nSPS) is 26.6. The zero-order valence-electron chi connectivity index (χ0n) is 14.4. The average Bonchev–Trinajstić information content (AvgIpc) is 3.14. The van der Waals surface area contributed by atoms with E-state index >= 15 is 0 Å². The summed E-state index contributed by atoms with van der Waals surface area (Å²) in [6.07, 6.45) is 4.79. The molecule has 1 unspecified atom stereocenters. The van der Waals surface area contributed by atoms with Gasteiger partial charge in [0.2, 0.25) is 0 Å². The summed E-state index contributed by atoms with van der Waals surface area (Å²) in [6, 6.07) is 14.7. The van der Waals surface area contributed by atoms with E-state index in [4.69, 9.17) is 4.74 Å². The molecule has 0 spiro atoms. The number of benzene rings is 1. The summed E-state index contributed by atoms with van der Waals surface area (Å²) >= 11 is 0. The molecule has 1 aliphatic heterocycles. The number of aryl methyl sites for hydroxylation is 1. The van der Waals surface area contributed by atoms with Gasteiger partial charge in [-0.05, 0) is 48.8 Å². The minimum atomic E-state index is 0.443. The summed E-state index contributed by atoms with van der Waals surface area (Å²) in [6.45, 7) is 6.31. The quantitative estimate of drug-likeness (QED) is 0.837. The second kappa shape index (κ2) is 7.04. The van der Waals surface area contributed by atoms with E-state index in [1.807, 2.05) is 12.3 Å². The van der Waals surface area contributed by atoms with Gasteiger partial charge in [0.15, 0.2) is 0 Å². The molecular formula is C21H26N2O. The maximum atomic E-state index is 6.17. The van der Waals surface area contributed by atoms with Crippen molar-refractivity contribution >= 4 is 0 Å². The molecule has 24 heavy (non-hydrogen) atoms. The number of fused-ring (bicyclic) bond motifs is 1. The van der Waals surface area contributed by atoms with E-state index in [1.54, 1.807) is 0 Å². The number of pyridine rings is 1. The number of aromatic nitrogens is 1. The van der Waals surface area contributed by atoms with Gasteiger partial charge in [0.25, 0.3) is 0 Å². The molecule has 0 radical (unpaired) electrons. The fourth-order valence-electron chi connectivity index (χ4n) is 4.29. The van der Waals surface area contributed by atoms with Crippen molar-refractivity contribution in [1.82, 2.24) is 9.88 Å². The SMILES string of the molecule is Cc1cccnc1CN1C[C@H]2CC(OCc3ccccc3)C[C@H]2C1. The standard InChI is InChI=1S/C21H26N2O/c1-16-6-5-9-22-21(16)14-23-12-18-10-20(11-19(18)13-23)24-15-17-7-3-2-4-8-17/h2-9,18-20H,10-15H2,1H3/t18-,19+,20?. The van der Waals surface area contributed by atoms with E-state index in [2.05, 4.69) is 53.2 Å². The van der Waals surface area contributed by atoms with Gasteiger partial charge in [0.05, 0.1) is 18.4 Å². The first-order valence-electron chi connectivity index (χ1n) is 9.06. The van der Waals surface area contributed by atoms with E-state index in [-0.39, 0.29) is 0 Å². The molecule has 1 saturated carbocycles. The van der Waals surface area contributed by atoms with Crippen LogP contribution < -0.4 is 0 Å². The lowest BCUT2D eigenvalue weighted by Gasteiger charge is -2.19. The maximum Gasteiger partial charge on any atom is 0.0720 e. The van der Waals surface area contributed by atoms with E-state index in [0.717, 1.165) is 25.0 Å². The summed E-state index contributed by atoms with van der Waals surface area (Å²) in [5.74, 6) is 1.60. The van der Waals surface area contributed by atoms with Crippen LogP contribution in [0, 0.1) is 18.8 Å². The Morgan fingerprint density at radius 2 is 1.79 bits per heavy atom. The number of nitrogens with zero attached hydrogens (tertiary/aromatic N) is 2.